The summed E-state index contributed by atoms with van der Waals surface area (Å²) in [7, 11) is 0. The molecule has 1 unspecified atom stereocenters. The van der Waals surface area contributed by atoms with E-state index in [4.69, 9.17) is 4.74 Å². The van der Waals surface area contributed by atoms with Crippen molar-refractivity contribution in [3.8, 4) is 5.75 Å². The number of nitrogens with zero attached hydrogens (tertiary/aromatic N) is 1. The normalized spacial score (nSPS) is 13.3. The van der Waals surface area contributed by atoms with Crippen molar-refractivity contribution in [2.24, 2.45) is 11.8 Å². The number of aromatic nitrogens is 2. The van der Waals surface area contributed by atoms with Crippen molar-refractivity contribution in [3.63, 3.8) is 0 Å². The van der Waals surface area contributed by atoms with Gasteiger partial charge < -0.3 is 25.1 Å². The fourth-order valence-corrected chi connectivity index (χ4v) is 5.15. The van der Waals surface area contributed by atoms with Crippen LogP contribution in [0.4, 0.5) is 0 Å². The van der Waals surface area contributed by atoms with Gasteiger partial charge in [-0.15, -0.1) is 0 Å². The highest BCUT2D eigenvalue weighted by Crippen LogP contribution is 2.24. The van der Waals surface area contributed by atoms with Gasteiger partial charge in [-0.2, -0.15) is 0 Å². The lowest BCUT2D eigenvalue weighted by molar-refractivity contribution is -0.132. The van der Waals surface area contributed by atoms with E-state index in [-0.39, 0.29) is 18.2 Å². The van der Waals surface area contributed by atoms with Crippen LogP contribution in [-0.4, -0.2) is 46.8 Å². The van der Waals surface area contributed by atoms with Crippen molar-refractivity contribution in [1.82, 2.24) is 20.6 Å². The first-order valence-corrected chi connectivity index (χ1v) is 14.6. The SMILES string of the molecule is CC(C)C[C@@H](C=O)NC(=O)[C@H](Cc1c[nH]cn1)NC(=O)C(CCCOc1ccccc1)Cc1cccc2ccccc12. The first-order chi connectivity index (χ1) is 20.4. The lowest BCUT2D eigenvalue weighted by atomic mass is 9.90. The summed E-state index contributed by atoms with van der Waals surface area (Å²) in [6.07, 6.45) is 6.46. The van der Waals surface area contributed by atoms with Gasteiger partial charge >= 0.3 is 0 Å². The topological polar surface area (TPSA) is 113 Å². The van der Waals surface area contributed by atoms with Gasteiger partial charge in [0.2, 0.25) is 11.8 Å². The Kier molecular flexibility index (Phi) is 11.3. The Morgan fingerprint density at radius 1 is 0.929 bits per heavy atom. The molecule has 0 saturated carbocycles. The van der Waals surface area contributed by atoms with Crippen LogP contribution >= 0.6 is 0 Å². The van der Waals surface area contributed by atoms with E-state index < -0.39 is 23.9 Å². The molecule has 0 aliphatic rings. The number of carbonyl (C=O) groups excluding carboxylic acids is 3. The Balaban J connectivity index is 1.52. The highest BCUT2D eigenvalue weighted by atomic mass is 16.5. The van der Waals surface area contributed by atoms with Crippen LogP contribution in [0.5, 0.6) is 5.75 Å². The Hall–Kier alpha value is -4.46. The van der Waals surface area contributed by atoms with Crippen molar-refractivity contribution in [2.75, 3.05) is 6.61 Å². The number of hydrogen-bond donors (Lipinski definition) is 3. The summed E-state index contributed by atoms with van der Waals surface area (Å²) in [5.41, 5.74) is 1.72. The number of aromatic amines is 1. The highest BCUT2D eigenvalue weighted by Gasteiger charge is 2.28. The van der Waals surface area contributed by atoms with Gasteiger partial charge in [0.1, 0.15) is 18.1 Å². The molecule has 3 N–H and O–H groups in total. The summed E-state index contributed by atoms with van der Waals surface area (Å²) >= 11 is 0. The number of imidazole rings is 1. The van der Waals surface area contributed by atoms with E-state index in [0.29, 0.717) is 38.0 Å². The van der Waals surface area contributed by atoms with E-state index in [1.807, 2.05) is 62.4 Å². The van der Waals surface area contributed by atoms with Gasteiger partial charge in [0, 0.05) is 18.5 Å². The van der Waals surface area contributed by atoms with Crippen LogP contribution in [0.25, 0.3) is 10.8 Å². The van der Waals surface area contributed by atoms with Crippen molar-refractivity contribution in [2.45, 2.75) is 58.0 Å². The molecule has 8 heteroatoms. The molecule has 1 heterocycles. The number of carbonyl (C=O) groups is 3. The van der Waals surface area contributed by atoms with E-state index >= 15 is 0 Å². The van der Waals surface area contributed by atoms with E-state index in [9.17, 15) is 14.4 Å². The zero-order valence-corrected chi connectivity index (χ0v) is 24.3. The van der Waals surface area contributed by atoms with E-state index in [1.54, 1.807) is 6.20 Å². The third-order valence-electron chi connectivity index (χ3n) is 7.24. The minimum absolute atomic E-state index is 0.201. The number of rotatable bonds is 16. The molecule has 0 radical (unpaired) electrons. The molecule has 4 rings (SSSR count). The zero-order chi connectivity index (χ0) is 29.7. The molecule has 0 aliphatic carbocycles. The number of para-hydroxylation sites is 1. The quantitative estimate of drug-likeness (QED) is 0.130. The molecule has 0 spiro atoms. The molecule has 0 saturated heterocycles. The maximum atomic E-state index is 13.9. The minimum Gasteiger partial charge on any atom is -0.494 e. The average Bonchev–Trinajstić information content (AvgIpc) is 3.51. The number of benzene rings is 3. The second-order valence-corrected chi connectivity index (χ2v) is 11.0. The first kappa shape index (κ1) is 30.5. The zero-order valence-electron chi connectivity index (χ0n) is 24.3. The lowest BCUT2D eigenvalue weighted by Gasteiger charge is -2.24. The number of amides is 2. The van der Waals surface area contributed by atoms with Crippen molar-refractivity contribution in [3.05, 3.63) is 96.6 Å². The Morgan fingerprint density at radius 2 is 1.69 bits per heavy atom. The van der Waals surface area contributed by atoms with Crippen LogP contribution in [0.15, 0.2) is 85.3 Å². The van der Waals surface area contributed by atoms with Gasteiger partial charge in [-0.1, -0.05) is 74.5 Å². The molecule has 0 aliphatic heterocycles. The molecule has 220 valence electrons. The first-order valence-electron chi connectivity index (χ1n) is 14.6. The average molecular weight is 569 g/mol. The van der Waals surface area contributed by atoms with Crippen molar-refractivity contribution < 1.29 is 19.1 Å². The highest BCUT2D eigenvalue weighted by molar-refractivity contribution is 5.91. The molecule has 42 heavy (non-hydrogen) atoms. The standard InChI is InChI=1S/C34H40N4O4/c1-24(2)18-29(22-39)37-34(41)32(20-28-21-35-23-36-28)38-33(40)27(13-9-17-42-30-14-4-3-5-15-30)19-26-12-8-11-25-10-6-7-16-31(25)26/h3-8,10-12,14-16,21-24,27,29,32H,9,13,17-20H2,1-2H3,(H,35,36)(H,37,41)(H,38,40)/t27?,29-,32-/m0/s1. The van der Waals surface area contributed by atoms with Crippen LogP contribution in [0, 0.1) is 11.8 Å². The molecule has 3 atom stereocenters. The van der Waals surface area contributed by atoms with E-state index in [0.717, 1.165) is 28.4 Å². The van der Waals surface area contributed by atoms with Gasteiger partial charge in [-0.25, -0.2) is 4.98 Å². The summed E-state index contributed by atoms with van der Waals surface area (Å²) in [5, 5.41) is 8.04. The third kappa shape index (κ3) is 9.03. The maximum Gasteiger partial charge on any atom is 0.243 e. The van der Waals surface area contributed by atoms with Gasteiger partial charge in [0.05, 0.1) is 24.7 Å². The van der Waals surface area contributed by atoms with Crippen molar-refractivity contribution in [1.29, 1.82) is 0 Å². The Labute approximate surface area is 247 Å². The number of fused-ring (bicyclic) bond motifs is 1. The van der Waals surface area contributed by atoms with Gasteiger partial charge in [0.15, 0.2) is 0 Å². The summed E-state index contributed by atoms with van der Waals surface area (Å²) in [6.45, 7) is 4.45. The second kappa shape index (κ2) is 15.5. The molecule has 8 nitrogen and oxygen atoms in total. The number of nitrogens with one attached hydrogen (secondary N) is 3. The Morgan fingerprint density at radius 3 is 2.43 bits per heavy atom. The van der Waals surface area contributed by atoms with Crippen molar-refractivity contribution >= 4 is 28.9 Å². The van der Waals surface area contributed by atoms with Gasteiger partial charge in [-0.3, -0.25) is 9.59 Å². The summed E-state index contributed by atoms with van der Waals surface area (Å²) in [5.74, 6) is -0.00931. The van der Waals surface area contributed by atoms with Gasteiger partial charge in [-0.05, 0) is 60.1 Å². The maximum absolute atomic E-state index is 13.9. The summed E-state index contributed by atoms with van der Waals surface area (Å²) in [6, 6.07) is 22.3. The lowest BCUT2D eigenvalue weighted by Crippen LogP contribution is -2.52. The summed E-state index contributed by atoms with van der Waals surface area (Å²) < 4.78 is 5.89. The molecule has 4 aromatic rings. The Bertz CT molecular complexity index is 1420. The third-order valence-corrected chi connectivity index (χ3v) is 7.24. The second-order valence-electron chi connectivity index (χ2n) is 11.0. The number of aldehydes is 1. The van der Waals surface area contributed by atoms with Crippen LogP contribution in [0.3, 0.4) is 0 Å². The molecule has 3 aromatic carbocycles. The molecular formula is C34H40N4O4. The van der Waals surface area contributed by atoms with Crippen LogP contribution < -0.4 is 15.4 Å². The molecule has 0 fully saturated rings. The monoisotopic (exact) mass is 568 g/mol. The molecule has 1 aromatic heterocycles. The fraction of sp³-hybridized carbons (Fsp3) is 0.353. The number of ether oxygens (including phenoxy) is 1. The largest absolute Gasteiger partial charge is 0.494 e. The number of H-pyrrole nitrogens is 1. The summed E-state index contributed by atoms with van der Waals surface area (Å²) in [4.78, 5) is 46.1. The molecular weight excluding hydrogens is 528 g/mol. The fourth-order valence-electron chi connectivity index (χ4n) is 5.15. The van der Waals surface area contributed by atoms with E-state index in [2.05, 4.69) is 44.9 Å². The molecule has 0 bridgehead atoms. The predicted molar refractivity (Wildman–Crippen MR) is 164 cm³/mol. The van der Waals surface area contributed by atoms with Crippen LogP contribution in [0.1, 0.15) is 44.4 Å². The van der Waals surface area contributed by atoms with Crippen LogP contribution in [0.2, 0.25) is 0 Å². The van der Waals surface area contributed by atoms with Gasteiger partial charge in [0.25, 0.3) is 0 Å². The molecule has 2 amide bonds. The predicted octanol–water partition coefficient (Wildman–Crippen LogP) is 5.04. The smallest absolute Gasteiger partial charge is 0.243 e. The van der Waals surface area contributed by atoms with Crippen LogP contribution in [-0.2, 0) is 27.2 Å². The minimum atomic E-state index is -0.883. The number of hydrogen-bond acceptors (Lipinski definition) is 5. The van der Waals surface area contributed by atoms with E-state index in [1.165, 1.54) is 6.33 Å².